The number of carbonyl (C=O) groups excluding carboxylic acids is 1. The van der Waals surface area contributed by atoms with Gasteiger partial charge in [0, 0.05) is 55.5 Å². The van der Waals surface area contributed by atoms with Crippen molar-refractivity contribution >= 4 is 27.7 Å². The van der Waals surface area contributed by atoms with E-state index in [4.69, 9.17) is 9.47 Å². The molecule has 1 aromatic rings. The maximum atomic E-state index is 12.4. The molecular weight excluding hydrogens is 422 g/mol. The molecule has 2 saturated heterocycles. The van der Waals surface area contributed by atoms with Crippen molar-refractivity contribution in [2.24, 2.45) is 0 Å². The Hall–Kier alpha value is -1.31. The third-order valence-corrected chi connectivity index (χ3v) is 5.63. The van der Waals surface area contributed by atoms with E-state index < -0.39 is 5.60 Å². The average molecular weight is 454 g/mol. The van der Waals surface area contributed by atoms with Crippen molar-refractivity contribution in [1.82, 2.24) is 9.80 Å². The van der Waals surface area contributed by atoms with Crippen LogP contribution in [-0.2, 0) is 16.0 Å². The summed E-state index contributed by atoms with van der Waals surface area (Å²) >= 11 is 3.62. The molecular formula is C21H32BrN3O3. The largest absolute Gasteiger partial charge is 0.444 e. The summed E-state index contributed by atoms with van der Waals surface area (Å²) in [4.78, 5) is 19.1. The second-order valence-corrected chi connectivity index (χ2v) is 9.55. The Morgan fingerprint density at radius 2 is 1.93 bits per heavy atom. The zero-order valence-electron chi connectivity index (χ0n) is 17.4. The van der Waals surface area contributed by atoms with Crippen LogP contribution in [0, 0.1) is 0 Å². The van der Waals surface area contributed by atoms with Crippen molar-refractivity contribution < 1.29 is 14.3 Å². The van der Waals surface area contributed by atoms with Gasteiger partial charge in [-0.2, -0.15) is 0 Å². The molecule has 2 aliphatic rings. The Labute approximate surface area is 176 Å². The van der Waals surface area contributed by atoms with Crippen molar-refractivity contribution in [3.05, 3.63) is 28.2 Å². The minimum Gasteiger partial charge on any atom is -0.444 e. The molecule has 0 N–H and O–H groups in total. The van der Waals surface area contributed by atoms with Gasteiger partial charge in [-0.1, -0.05) is 22.0 Å². The van der Waals surface area contributed by atoms with Crippen LogP contribution in [-0.4, -0.2) is 73.5 Å². The molecule has 0 radical (unpaired) electrons. The molecule has 6 nitrogen and oxygen atoms in total. The van der Waals surface area contributed by atoms with Gasteiger partial charge < -0.3 is 19.3 Å². The number of benzene rings is 1. The predicted octanol–water partition coefficient (Wildman–Crippen LogP) is 3.73. The van der Waals surface area contributed by atoms with Crippen LogP contribution in [0.3, 0.4) is 0 Å². The van der Waals surface area contributed by atoms with E-state index in [-0.39, 0.29) is 12.1 Å². The van der Waals surface area contributed by atoms with Crippen molar-refractivity contribution in [2.45, 2.75) is 45.9 Å². The molecule has 2 heterocycles. The predicted molar refractivity (Wildman–Crippen MR) is 115 cm³/mol. The van der Waals surface area contributed by atoms with E-state index in [9.17, 15) is 4.79 Å². The number of morpholine rings is 1. The summed E-state index contributed by atoms with van der Waals surface area (Å²) < 4.78 is 12.2. The second kappa shape index (κ2) is 9.01. The lowest BCUT2D eigenvalue weighted by Crippen LogP contribution is -2.54. The lowest BCUT2D eigenvalue weighted by molar-refractivity contribution is 0.000568. The van der Waals surface area contributed by atoms with Crippen LogP contribution in [0.1, 0.15) is 33.3 Å². The maximum Gasteiger partial charge on any atom is 0.410 e. The molecule has 28 heavy (non-hydrogen) atoms. The molecule has 1 atom stereocenters. The Kier molecular flexibility index (Phi) is 6.89. The van der Waals surface area contributed by atoms with Gasteiger partial charge in [-0.3, -0.25) is 4.90 Å². The highest BCUT2D eigenvalue weighted by Crippen LogP contribution is 2.28. The Bertz CT molecular complexity index is 686. The number of carbonyl (C=O) groups is 1. The zero-order valence-corrected chi connectivity index (χ0v) is 19.0. The number of halogens is 1. The van der Waals surface area contributed by atoms with Crippen LogP contribution in [0.4, 0.5) is 10.5 Å². The summed E-state index contributed by atoms with van der Waals surface area (Å²) in [5, 5.41) is 0. The standard InChI is InChI=1S/C21H32BrN3O3/c1-16-14-23(7-8-25(16)20(26)28-21(2,3)4)15-17-5-6-18(22)13-19(17)24-9-11-27-12-10-24/h5-6,13,16H,7-12,14-15H2,1-4H3. The van der Waals surface area contributed by atoms with Crippen LogP contribution in [0.2, 0.25) is 0 Å². The first-order valence-corrected chi connectivity index (χ1v) is 10.9. The lowest BCUT2D eigenvalue weighted by Gasteiger charge is -2.40. The highest BCUT2D eigenvalue weighted by atomic mass is 79.9. The third-order valence-electron chi connectivity index (χ3n) is 5.13. The van der Waals surface area contributed by atoms with Crippen molar-refractivity contribution in [3.63, 3.8) is 0 Å². The first kappa shape index (κ1) is 21.4. The number of piperazine rings is 1. The van der Waals surface area contributed by atoms with Gasteiger partial charge in [0.05, 0.1) is 13.2 Å². The monoisotopic (exact) mass is 453 g/mol. The molecule has 0 saturated carbocycles. The van der Waals surface area contributed by atoms with Crippen LogP contribution in [0.25, 0.3) is 0 Å². The van der Waals surface area contributed by atoms with E-state index in [0.29, 0.717) is 6.54 Å². The summed E-state index contributed by atoms with van der Waals surface area (Å²) in [6.45, 7) is 14.5. The molecule has 0 aromatic heterocycles. The van der Waals surface area contributed by atoms with Gasteiger partial charge in [0.15, 0.2) is 0 Å². The SMILES string of the molecule is CC1CN(Cc2ccc(Br)cc2N2CCOCC2)CCN1C(=O)OC(C)(C)C. The minimum absolute atomic E-state index is 0.130. The first-order valence-electron chi connectivity index (χ1n) is 10.1. The van der Waals surface area contributed by atoms with Gasteiger partial charge in [-0.25, -0.2) is 4.79 Å². The Morgan fingerprint density at radius 1 is 1.21 bits per heavy atom. The number of nitrogens with zero attached hydrogens (tertiary/aromatic N) is 3. The number of amides is 1. The van der Waals surface area contributed by atoms with Crippen molar-refractivity contribution in [3.8, 4) is 0 Å². The van der Waals surface area contributed by atoms with Crippen LogP contribution in [0.15, 0.2) is 22.7 Å². The molecule has 1 amide bonds. The molecule has 2 fully saturated rings. The summed E-state index contributed by atoms with van der Waals surface area (Å²) in [6, 6.07) is 6.66. The smallest absolute Gasteiger partial charge is 0.410 e. The van der Waals surface area contributed by atoms with Gasteiger partial charge >= 0.3 is 6.09 Å². The fraction of sp³-hybridized carbons (Fsp3) is 0.667. The molecule has 3 rings (SSSR count). The normalized spacial score (nSPS) is 21.7. The van der Waals surface area contributed by atoms with Crippen LogP contribution < -0.4 is 4.90 Å². The summed E-state index contributed by atoms with van der Waals surface area (Å²) in [5.74, 6) is 0. The van der Waals surface area contributed by atoms with E-state index in [1.807, 2.05) is 25.7 Å². The van der Waals surface area contributed by atoms with Gasteiger partial charge in [0.2, 0.25) is 0 Å². The highest BCUT2D eigenvalue weighted by molar-refractivity contribution is 9.10. The zero-order chi connectivity index (χ0) is 20.3. The molecule has 1 aromatic carbocycles. The molecule has 0 aliphatic carbocycles. The van der Waals surface area contributed by atoms with Gasteiger partial charge in [0.25, 0.3) is 0 Å². The fourth-order valence-electron chi connectivity index (χ4n) is 3.78. The maximum absolute atomic E-state index is 12.4. The lowest BCUT2D eigenvalue weighted by atomic mass is 10.1. The first-order chi connectivity index (χ1) is 13.2. The highest BCUT2D eigenvalue weighted by Gasteiger charge is 2.31. The van der Waals surface area contributed by atoms with Crippen molar-refractivity contribution in [2.75, 3.05) is 50.8 Å². The number of ether oxygens (including phenoxy) is 2. The minimum atomic E-state index is -0.460. The molecule has 0 spiro atoms. The molecule has 0 bridgehead atoms. The van der Waals surface area contributed by atoms with Crippen molar-refractivity contribution in [1.29, 1.82) is 0 Å². The Morgan fingerprint density at radius 3 is 2.57 bits per heavy atom. The number of anilines is 1. The molecule has 2 aliphatic heterocycles. The number of hydrogen-bond donors (Lipinski definition) is 0. The van der Waals surface area contributed by atoms with Crippen LogP contribution in [0.5, 0.6) is 0 Å². The number of rotatable bonds is 3. The Balaban J connectivity index is 1.65. The molecule has 1 unspecified atom stereocenters. The summed E-state index contributed by atoms with van der Waals surface area (Å²) in [6.07, 6.45) is -0.211. The van der Waals surface area contributed by atoms with E-state index >= 15 is 0 Å². The van der Waals surface area contributed by atoms with E-state index in [1.54, 1.807) is 0 Å². The quantitative estimate of drug-likeness (QED) is 0.697. The fourth-order valence-corrected chi connectivity index (χ4v) is 4.13. The van der Waals surface area contributed by atoms with E-state index in [0.717, 1.165) is 50.4 Å². The van der Waals surface area contributed by atoms with Crippen LogP contribution >= 0.6 is 15.9 Å². The second-order valence-electron chi connectivity index (χ2n) is 8.63. The van der Waals surface area contributed by atoms with Gasteiger partial charge in [-0.05, 0) is 45.4 Å². The summed E-state index contributed by atoms with van der Waals surface area (Å²) in [7, 11) is 0. The van der Waals surface area contributed by atoms with E-state index in [1.165, 1.54) is 11.3 Å². The average Bonchev–Trinajstić information content (AvgIpc) is 2.62. The van der Waals surface area contributed by atoms with Gasteiger partial charge in [-0.15, -0.1) is 0 Å². The molecule has 7 heteroatoms. The van der Waals surface area contributed by atoms with Gasteiger partial charge in [0.1, 0.15) is 5.60 Å². The topological polar surface area (TPSA) is 45.2 Å². The molecule has 156 valence electrons. The summed E-state index contributed by atoms with van der Waals surface area (Å²) in [5.41, 5.74) is 2.14. The third kappa shape index (κ3) is 5.61. The van der Waals surface area contributed by atoms with E-state index in [2.05, 4.69) is 50.9 Å². The number of hydrogen-bond acceptors (Lipinski definition) is 5.